The van der Waals surface area contributed by atoms with E-state index in [0.29, 0.717) is 5.58 Å². The zero-order valence-electron chi connectivity index (χ0n) is 6.69. The number of nitrogens with zero attached hydrogens (tertiary/aromatic N) is 1. The Hall–Kier alpha value is -1.35. The molecule has 1 heterocycles. The largest absolute Gasteiger partial charge is 0.443 e. The summed E-state index contributed by atoms with van der Waals surface area (Å²) in [6, 6.07) is 5.48. The van der Waals surface area contributed by atoms with Crippen molar-refractivity contribution in [1.29, 1.82) is 0 Å². The van der Waals surface area contributed by atoms with Crippen LogP contribution in [-0.2, 0) is 0 Å². The molecule has 2 aromatic rings. The minimum Gasteiger partial charge on any atom is -0.443 e. The first-order valence-electron chi connectivity index (χ1n) is 3.78. The molecular formula is C9H9NO2. The smallest absolute Gasteiger partial charge is 0.181 e. The standard InChI is InChI=1S/C9H9NO2/c1-6(11)7-2-3-8-9(4-7)12-5-10-8/h2-6,11H,1H3. The number of oxazole rings is 1. The first-order chi connectivity index (χ1) is 5.77. The van der Waals surface area contributed by atoms with Crippen molar-refractivity contribution in [1.82, 2.24) is 4.98 Å². The Kier molecular flexibility index (Phi) is 1.59. The van der Waals surface area contributed by atoms with E-state index in [2.05, 4.69) is 4.98 Å². The second-order valence-electron chi connectivity index (χ2n) is 2.76. The topological polar surface area (TPSA) is 46.3 Å². The van der Waals surface area contributed by atoms with Gasteiger partial charge in [-0.3, -0.25) is 0 Å². The van der Waals surface area contributed by atoms with E-state index in [0.717, 1.165) is 11.1 Å². The highest BCUT2D eigenvalue weighted by atomic mass is 16.3. The number of aromatic nitrogens is 1. The van der Waals surface area contributed by atoms with Crippen molar-refractivity contribution in [2.75, 3.05) is 0 Å². The van der Waals surface area contributed by atoms with E-state index in [9.17, 15) is 5.11 Å². The normalized spacial score (nSPS) is 13.5. The molecule has 0 bridgehead atoms. The molecule has 1 aromatic heterocycles. The van der Waals surface area contributed by atoms with Gasteiger partial charge in [-0.2, -0.15) is 0 Å². The molecule has 0 aliphatic carbocycles. The highest BCUT2D eigenvalue weighted by molar-refractivity contribution is 5.72. The van der Waals surface area contributed by atoms with Gasteiger partial charge in [-0.1, -0.05) is 6.07 Å². The maximum Gasteiger partial charge on any atom is 0.181 e. The highest BCUT2D eigenvalue weighted by Gasteiger charge is 2.03. The number of benzene rings is 1. The molecule has 62 valence electrons. The molecule has 0 aliphatic rings. The SMILES string of the molecule is CC(O)c1ccc2ncoc2c1. The molecule has 1 unspecified atom stereocenters. The Balaban J connectivity index is 2.60. The lowest BCUT2D eigenvalue weighted by molar-refractivity contribution is 0.199. The van der Waals surface area contributed by atoms with Crippen molar-refractivity contribution >= 4 is 11.1 Å². The Morgan fingerprint density at radius 1 is 1.50 bits per heavy atom. The van der Waals surface area contributed by atoms with E-state index >= 15 is 0 Å². The van der Waals surface area contributed by atoms with Crippen LogP contribution in [0.1, 0.15) is 18.6 Å². The fourth-order valence-electron chi connectivity index (χ4n) is 1.13. The van der Waals surface area contributed by atoms with Gasteiger partial charge in [0.25, 0.3) is 0 Å². The second-order valence-corrected chi connectivity index (χ2v) is 2.76. The summed E-state index contributed by atoms with van der Waals surface area (Å²) in [6.45, 7) is 1.72. The van der Waals surface area contributed by atoms with Crippen LogP contribution in [-0.4, -0.2) is 10.1 Å². The predicted octanol–water partition coefficient (Wildman–Crippen LogP) is 1.88. The predicted molar refractivity (Wildman–Crippen MR) is 44.6 cm³/mol. The van der Waals surface area contributed by atoms with Gasteiger partial charge >= 0.3 is 0 Å². The van der Waals surface area contributed by atoms with E-state index in [1.807, 2.05) is 12.1 Å². The minimum atomic E-state index is -0.459. The van der Waals surface area contributed by atoms with Crippen LogP contribution in [0.5, 0.6) is 0 Å². The Bertz CT molecular complexity index is 392. The molecular weight excluding hydrogens is 154 g/mol. The molecule has 0 saturated heterocycles. The second kappa shape index (κ2) is 2.60. The van der Waals surface area contributed by atoms with Crippen LogP contribution in [0.15, 0.2) is 29.0 Å². The first kappa shape index (κ1) is 7.31. The van der Waals surface area contributed by atoms with Gasteiger partial charge < -0.3 is 9.52 Å². The lowest BCUT2D eigenvalue weighted by atomic mass is 10.1. The Labute approximate surface area is 69.7 Å². The number of aliphatic hydroxyl groups excluding tert-OH is 1. The van der Waals surface area contributed by atoms with Crippen molar-refractivity contribution < 1.29 is 9.52 Å². The van der Waals surface area contributed by atoms with E-state index in [4.69, 9.17) is 4.42 Å². The van der Waals surface area contributed by atoms with Crippen LogP contribution >= 0.6 is 0 Å². The number of rotatable bonds is 1. The van der Waals surface area contributed by atoms with Gasteiger partial charge in [0, 0.05) is 0 Å². The first-order valence-corrected chi connectivity index (χ1v) is 3.78. The summed E-state index contributed by atoms with van der Waals surface area (Å²) in [6.07, 6.45) is 0.940. The van der Waals surface area contributed by atoms with E-state index in [1.54, 1.807) is 13.0 Å². The number of hydrogen-bond acceptors (Lipinski definition) is 3. The highest BCUT2D eigenvalue weighted by Crippen LogP contribution is 2.18. The van der Waals surface area contributed by atoms with Crippen LogP contribution in [0.25, 0.3) is 11.1 Å². The summed E-state index contributed by atoms with van der Waals surface area (Å²) in [5.74, 6) is 0. The van der Waals surface area contributed by atoms with E-state index < -0.39 is 6.10 Å². The molecule has 0 spiro atoms. The number of aliphatic hydroxyl groups is 1. The van der Waals surface area contributed by atoms with E-state index in [-0.39, 0.29) is 0 Å². The third-order valence-corrected chi connectivity index (χ3v) is 1.84. The van der Waals surface area contributed by atoms with Crippen molar-refractivity contribution in [3.63, 3.8) is 0 Å². The summed E-state index contributed by atoms with van der Waals surface area (Å²) < 4.78 is 5.09. The van der Waals surface area contributed by atoms with Gasteiger partial charge in [-0.05, 0) is 24.6 Å². The fraction of sp³-hybridized carbons (Fsp3) is 0.222. The Morgan fingerprint density at radius 3 is 3.08 bits per heavy atom. The summed E-state index contributed by atoms with van der Waals surface area (Å²) >= 11 is 0. The van der Waals surface area contributed by atoms with Crippen molar-refractivity contribution in [2.24, 2.45) is 0 Å². The molecule has 0 radical (unpaired) electrons. The van der Waals surface area contributed by atoms with Crippen LogP contribution in [0, 0.1) is 0 Å². The van der Waals surface area contributed by atoms with Gasteiger partial charge in [0.05, 0.1) is 6.10 Å². The monoisotopic (exact) mass is 163 g/mol. The molecule has 3 heteroatoms. The average molecular weight is 163 g/mol. The van der Waals surface area contributed by atoms with Crippen molar-refractivity contribution in [2.45, 2.75) is 13.0 Å². The summed E-state index contributed by atoms with van der Waals surface area (Å²) in [7, 11) is 0. The van der Waals surface area contributed by atoms with Crippen molar-refractivity contribution in [3.05, 3.63) is 30.2 Å². The summed E-state index contributed by atoms with van der Waals surface area (Å²) in [4.78, 5) is 3.97. The van der Waals surface area contributed by atoms with Gasteiger partial charge in [0.15, 0.2) is 12.0 Å². The molecule has 0 fully saturated rings. The summed E-state index contributed by atoms with van der Waals surface area (Å²) in [5.41, 5.74) is 2.38. The van der Waals surface area contributed by atoms with Crippen molar-refractivity contribution in [3.8, 4) is 0 Å². The van der Waals surface area contributed by atoms with Crippen LogP contribution in [0.3, 0.4) is 0 Å². The zero-order valence-corrected chi connectivity index (χ0v) is 6.69. The van der Waals surface area contributed by atoms with Gasteiger partial charge in [-0.25, -0.2) is 4.98 Å². The average Bonchev–Trinajstić information content (AvgIpc) is 2.49. The van der Waals surface area contributed by atoms with Crippen LogP contribution in [0.4, 0.5) is 0 Å². The molecule has 0 saturated carbocycles. The third kappa shape index (κ3) is 1.08. The molecule has 0 amide bonds. The molecule has 2 rings (SSSR count). The van der Waals surface area contributed by atoms with E-state index in [1.165, 1.54) is 6.39 Å². The maximum atomic E-state index is 9.26. The van der Waals surface area contributed by atoms with Crippen LogP contribution in [0.2, 0.25) is 0 Å². The molecule has 1 atom stereocenters. The number of hydrogen-bond donors (Lipinski definition) is 1. The lowest BCUT2D eigenvalue weighted by Crippen LogP contribution is -1.89. The molecule has 1 N–H and O–H groups in total. The van der Waals surface area contributed by atoms with Gasteiger partial charge in [0.1, 0.15) is 5.52 Å². The van der Waals surface area contributed by atoms with Gasteiger partial charge in [0.2, 0.25) is 0 Å². The fourth-order valence-corrected chi connectivity index (χ4v) is 1.13. The van der Waals surface area contributed by atoms with Gasteiger partial charge in [-0.15, -0.1) is 0 Å². The molecule has 3 nitrogen and oxygen atoms in total. The molecule has 12 heavy (non-hydrogen) atoms. The Morgan fingerprint density at radius 2 is 2.33 bits per heavy atom. The quantitative estimate of drug-likeness (QED) is 0.698. The summed E-state index contributed by atoms with van der Waals surface area (Å²) in [5, 5.41) is 9.26. The molecule has 1 aromatic carbocycles. The zero-order chi connectivity index (χ0) is 8.55. The lowest BCUT2D eigenvalue weighted by Gasteiger charge is -2.01. The van der Waals surface area contributed by atoms with Crippen LogP contribution < -0.4 is 0 Å². The minimum absolute atomic E-state index is 0.459. The third-order valence-electron chi connectivity index (χ3n) is 1.84. The molecule has 0 aliphatic heterocycles. The number of fused-ring (bicyclic) bond motifs is 1. The maximum absolute atomic E-state index is 9.26.